The maximum Gasteiger partial charge on any atom is 0.299 e. The lowest BCUT2D eigenvalue weighted by Crippen LogP contribution is -2.08. The summed E-state index contributed by atoms with van der Waals surface area (Å²) in [7, 11) is -3.77. The van der Waals surface area contributed by atoms with Gasteiger partial charge in [0.05, 0.1) is 12.3 Å². The summed E-state index contributed by atoms with van der Waals surface area (Å²) in [5.74, 6) is 0. The zero-order valence-electron chi connectivity index (χ0n) is 7.53. The van der Waals surface area contributed by atoms with Crippen molar-refractivity contribution < 1.29 is 12.6 Å². The van der Waals surface area contributed by atoms with E-state index in [4.69, 9.17) is 17.3 Å². The van der Waals surface area contributed by atoms with E-state index in [0.29, 0.717) is 5.02 Å². The topological polar surface area (TPSA) is 69.4 Å². The van der Waals surface area contributed by atoms with Crippen LogP contribution in [0.1, 0.15) is 6.92 Å². The van der Waals surface area contributed by atoms with Gasteiger partial charge in [-0.25, -0.2) is 0 Å². The number of benzene rings is 1. The zero-order chi connectivity index (χ0) is 10.8. The predicted molar refractivity (Wildman–Crippen MR) is 54.7 cm³/mol. The molecule has 4 nitrogen and oxygen atoms in total. The Morgan fingerprint density at radius 2 is 2.14 bits per heavy atom. The van der Waals surface area contributed by atoms with Crippen LogP contribution in [0.15, 0.2) is 23.1 Å². The highest BCUT2D eigenvalue weighted by molar-refractivity contribution is 7.87. The van der Waals surface area contributed by atoms with Crippen LogP contribution in [0.3, 0.4) is 0 Å². The Balaban J connectivity index is 3.25. The lowest BCUT2D eigenvalue weighted by molar-refractivity contribution is 0.338. The molecule has 0 saturated heterocycles. The molecule has 0 aromatic heterocycles. The van der Waals surface area contributed by atoms with E-state index in [1.54, 1.807) is 6.92 Å². The minimum absolute atomic E-state index is 0.0638. The molecule has 0 fully saturated rings. The maximum absolute atomic E-state index is 11.4. The Morgan fingerprint density at radius 3 is 2.71 bits per heavy atom. The molecular formula is C8H10ClNO3S. The van der Waals surface area contributed by atoms with Crippen molar-refractivity contribution in [2.75, 3.05) is 12.3 Å². The number of anilines is 1. The highest BCUT2D eigenvalue weighted by Gasteiger charge is 2.17. The largest absolute Gasteiger partial charge is 0.398 e. The van der Waals surface area contributed by atoms with Crippen molar-refractivity contribution in [1.82, 2.24) is 0 Å². The van der Waals surface area contributed by atoms with Crippen LogP contribution in [0, 0.1) is 0 Å². The Kier molecular flexibility index (Phi) is 3.36. The van der Waals surface area contributed by atoms with Gasteiger partial charge in [0, 0.05) is 5.02 Å². The smallest absolute Gasteiger partial charge is 0.299 e. The lowest BCUT2D eigenvalue weighted by atomic mass is 10.3. The van der Waals surface area contributed by atoms with Gasteiger partial charge in [0.1, 0.15) is 4.90 Å². The molecule has 0 aliphatic heterocycles. The first-order chi connectivity index (χ1) is 6.47. The molecule has 0 aliphatic rings. The Morgan fingerprint density at radius 1 is 1.50 bits per heavy atom. The van der Waals surface area contributed by atoms with Crippen molar-refractivity contribution in [2.24, 2.45) is 0 Å². The van der Waals surface area contributed by atoms with Crippen LogP contribution in [0.25, 0.3) is 0 Å². The third-order valence-corrected chi connectivity index (χ3v) is 3.19. The SMILES string of the molecule is CCOS(=O)(=O)c1cc(Cl)ccc1N. The van der Waals surface area contributed by atoms with Gasteiger partial charge in [0.25, 0.3) is 10.1 Å². The molecule has 6 heteroatoms. The van der Waals surface area contributed by atoms with Crippen LogP contribution in [0.2, 0.25) is 5.02 Å². The molecule has 0 radical (unpaired) electrons. The molecule has 1 aromatic carbocycles. The number of hydrogen-bond donors (Lipinski definition) is 1. The first-order valence-corrected chi connectivity index (χ1v) is 5.70. The van der Waals surface area contributed by atoms with Gasteiger partial charge >= 0.3 is 0 Å². The Labute approximate surface area is 87.8 Å². The van der Waals surface area contributed by atoms with Crippen molar-refractivity contribution in [3.63, 3.8) is 0 Å². The number of nitrogens with two attached hydrogens (primary N) is 1. The fourth-order valence-electron chi connectivity index (χ4n) is 0.943. The summed E-state index contributed by atoms with van der Waals surface area (Å²) in [6.07, 6.45) is 0. The average Bonchev–Trinajstić information content (AvgIpc) is 2.09. The fourth-order valence-corrected chi connectivity index (χ4v) is 2.25. The molecule has 1 rings (SSSR count). The standard InChI is InChI=1S/C8H10ClNO3S/c1-2-13-14(11,12)8-5-6(9)3-4-7(8)10/h3-5H,2,10H2,1H3. The first kappa shape index (κ1) is 11.3. The summed E-state index contributed by atoms with van der Waals surface area (Å²) in [4.78, 5) is -0.0909. The molecular weight excluding hydrogens is 226 g/mol. The van der Waals surface area contributed by atoms with Crippen molar-refractivity contribution in [1.29, 1.82) is 0 Å². The monoisotopic (exact) mass is 235 g/mol. The van der Waals surface area contributed by atoms with Gasteiger partial charge in [-0.15, -0.1) is 0 Å². The predicted octanol–water partition coefficient (Wildman–Crippen LogP) is 1.65. The van der Waals surface area contributed by atoms with Gasteiger partial charge in [-0.3, -0.25) is 4.18 Å². The van der Waals surface area contributed by atoms with Crippen LogP contribution >= 0.6 is 11.6 Å². The molecule has 78 valence electrons. The van der Waals surface area contributed by atoms with E-state index in [0.717, 1.165) is 0 Å². The summed E-state index contributed by atoms with van der Waals surface area (Å²) in [5.41, 5.74) is 5.62. The Bertz CT molecular complexity index is 430. The molecule has 0 unspecified atom stereocenters. The minimum atomic E-state index is -3.77. The van der Waals surface area contributed by atoms with Crippen molar-refractivity contribution in [2.45, 2.75) is 11.8 Å². The second-order valence-electron chi connectivity index (χ2n) is 2.54. The quantitative estimate of drug-likeness (QED) is 0.639. The van der Waals surface area contributed by atoms with Crippen molar-refractivity contribution in [3.05, 3.63) is 23.2 Å². The molecule has 0 aliphatic carbocycles. The summed E-state index contributed by atoms with van der Waals surface area (Å²) in [6, 6.07) is 4.21. The van der Waals surface area contributed by atoms with Crippen LogP contribution in [-0.2, 0) is 14.3 Å². The average molecular weight is 236 g/mol. The molecule has 14 heavy (non-hydrogen) atoms. The van der Waals surface area contributed by atoms with Gasteiger partial charge in [-0.05, 0) is 25.1 Å². The highest BCUT2D eigenvalue weighted by Crippen LogP contribution is 2.23. The van der Waals surface area contributed by atoms with Crippen LogP contribution in [0.5, 0.6) is 0 Å². The molecule has 0 bridgehead atoms. The third-order valence-electron chi connectivity index (χ3n) is 1.52. The lowest BCUT2D eigenvalue weighted by Gasteiger charge is -2.06. The summed E-state index contributed by atoms with van der Waals surface area (Å²) >= 11 is 5.65. The van der Waals surface area contributed by atoms with E-state index >= 15 is 0 Å². The number of halogens is 1. The van der Waals surface area contributed by atoms with Crippen LogP contribution < -0.4 is 5.73 Å². The van der Waals surface area contributed by atoms with Gasteiger partial charge in [-0.2, -0.15) is 8.42 Å². The molecule has 1 aromatic rings. The number of nitrogen functional groups attached to an aromatic ring is 1. The highest BCUT2D eigenvalue weighted by atomic mass is 35.5. The second kappa shape index (κ2) is 4.16. The molecule has 0 amide bonds. The maximum atomic E-state index is 11.4. The van der Waals surface area contributed by atoms with E-state index in [9.17, 15) is 8.42 Å². The van der Waals surface area contributed by atoms with Crippen molar-refractivity contribution in [3.8, 4) is 0 Å². The molecule has 0 atom stereocenters. The second-order valence-corrected chi connectivity index (χ2v) is 4.56. The van der Waals surface area contributed by atoms with Gasteiger partial charge in [0.15, 0.2) is 0 Å². The third kappa shape index (κ3) is 2.37. The summed E-state index contributed by atoms with van der Waals surface area (Å²) in [6.45, 7) is 1.65. The molecule has 0 saturated carbocycles. The van der Waals surface area contributed by atoms with E-state index < -0.39 is 10.1 Å². The zero-order valence-corrected chi connectivity index (χ0v) is 9.10. The normalized spacial score (nSPS) is 11.6. The molecule has 2 N–H and O–H groups in total. The molecule has 0 heterocycles. The van der Waals surface area contributed by atoms with Crippen molar-refractivity contribution >= 4 is 27.4 Å². The Hall–Kier alpha value is -0.780. The minimum Gasteiger partial charge on any atom is -0.398 e. The van der Waals surface area contributed by atoms with Crippen LogP contribution in [-0.4, -0.2) is 15.0 Å². The van der Waals surface area contributed by atoms with E-state index in [2.05, 4.69) is 4.18 Å². The number of rotatable bonds is 3. The molecule has 0 spiro atoms. The van der Waals surface area contributed by atoms with Gasteiger partial charge < -0.3 is 5.73 Å². The fraction of sp³-hybridized carbons (Fsp3) is 0.250. The van der Waals surface area contributed by atoms with E-state index in [-0.39, 0.29) is 17.2 Å². The van der Waals surface area contributed by atoms with Gasteiger partial charge in [0.2, 0.25) is 0 Å². The van der Waals surface area contributed by atoms with E-state index in [1.807, 2.05) is 0 Å². The van der Waals surface area contributed by atoms with Crippen LogP contribution in [0.4, 0.5) is 5.69 Å². The first-order valence-electron chi connectivity index (χ1n) is 3.92. The summed E-state index contributed by atoms with van der Waals surface area (Å²) < 4.78 is 27.5. The van der Waals surface area contributed by atoms with Gasteiger partial charge in [-0.1, -0.05) is 11.6 Å². The number of hydrogen-bond acceptors (Lipinski definition) is 4. The summed E-state index contributed by atoms with van der Waals surface area (Å²) in [5, 5.41) is 0.303. The van der Waals surface area contributed by atoms with E-state index in [1.165, 1.54) is 18.2 Å².